The Kier molecular flexibility index (Phi) is 7.36. The van der Waals surface area contributed by atoms with Crippen LogP contribution in [0.1, 0.15) is 24.5 Å². The van der Waals surface area contributed by atoms with Crippen LogP contribution in [0.5, 0.6) is 0 Å². The number of nitrogens with zero attached hydrogens (tertiary/aromatic N) is 1. The number of piperidine rings is 1. The summed E-state index contributed by atoms with van der Waals surface area (Å²) in [6.45, 7) is 0.268. The van der Waals surface area contributed by atoms with Crippen molar-refractivity contribution in [1.29, 1.82) is 0 Å². The highest BCUT2D eigenvalue weighted by Crippen LogP contribution is 2.30. The summed E-state index contributed by atoms with van der Waals surface area (Å²) in [5.74, 6) is -1.12. The molecule has 1 aliphatic heterocycles. The minimum absolute atomic E-state index is 0.0566. The summed E-state index contributed by atoms with van der Waals surface area (Å²) in [7, 11) is -3.82. The van der Waals surface area contributed by atoms with Crippen molar-refractivity contribution in [2.45, 2.75) is 23.8 Å². The van der Waals surface area contributed by atoms with Gasteiger partial charge in [-0.2, -0.15) is 4.31 Å². The number of sulfonamides is 1. The largest absolute Gasteiger partial charge is 0.387 e. The molecule has 1 atom stereocenters. The molecule has 1 heterocycles. The molecule has 1 amide bonds. The van der Waals surface area contributed by atoms with E-state index >= 15 is 0 Å². The Labute approximate surface area is 184 Å². The van der Waals surface area contributed by atoms with E-state index in [9.17, 15) is 22.7 Å². The maximum absolute atomic E-state index is 13.3. The highest BCUT2D eigenvalue weighted by Gasteiger charge is 2.33. The normalized spacial score (nSPS) is 16.9. The lowest BCUT2D eigenvalue weighted by molar-refractivity contribution is -0.126. The lowest BCUT2D eigenvalue weighted by Gasteiger charge is -2.31. The van der Waals surface area contributed by atoms with Gasteiger partial charge in [0, 0.05) is 30.6 Å². The van der Waals surface area contributed by atoms with Gasteiger partial charge in [0.1, 0.15) is 10.7 Å². The zero-order valence-corrected chi connectivity index (χ0v) is 18.2. The van der Waals surface area contributed by atoms with Crippen LogP contribution >= 0.6 is 23.2 Å². The first kappa shape index (κ1) is 23.0. The number of carbonyl (C=O) groups is 1. The molecule has 10 heteroatoms. The van der Waals surface area contributed by atoms with E-state index in [1.807, 2.05) is 0 Å². The summed E-state index contributed by atoms with van der Waals surface area (Å²) in [6.07, 6.45) is -0.367. The second-order valence-electron chi connectivity index (χ2n) is 7.07. The van der Waals surface area contributed by atoms with Crippen LogP contribution in [0.4, 0.5) is 4.39 Å². The van der Waals surface area contributed by atoms with E-state index in [-0.39, 0.29) is 46.4 Å². The van der Waals surface area contributed by atoms with Gasteiger partial charge >= 0.3 is 0 Å². The Morgan fingerprint density at radius 2 is 1.90 bits per heavy atom. The van der Waals surface area contributed by atoms with Crippen molar-refractivity contribution >= 4 is 39.1 Å². The zero-order chi connectivity index (χ0) is 21.9. The van der Waals surface area contributed by atoms with Crippen molar-refractivity contribution in [2.24, 2.45) is 5.92 Å². The van der Waals surface area contributed by atoms with E-state index < -0.39 is 21.9 Å². The fraction of sp³-hybridized carbons (Fsp3) is 0.350. The molecule has 30 heavy (non-hydrogen) atoms. The van der Waals surface area contributed by atoms with E-state index in [0.29, 0.717) is 18.4 Å². The van der Waals surface area contributed by atoms with E-state index in [2.05, 4.69) is 5.32 Å². The van der Waals surface area contributed by atoms with Crippen LogP contribution in [0, 0.1) is 11.7 Å². The third-order valence-electron chi connectivity index (χ3n) is 5.04. The minimum atomic E-state index is -3.82. The number of aliphatic hydroxyl groups excluding tert-OH is 1. The molecule has 1 aliphatic rings. The quantitative estimate of drug-likeness (QED) is 0.671. The number of nitrogens with one attached hydrogen (secondary N) is 1. The van der Waals surface area contributed by atoms with Crippen molar-refractivity contribution < 1.29 is 22.7 Å². The lowest BCUT2D eigenvalue weighted by Crippen LogP contribution is -2.43. The molecule has 162 valence electrons. The summed E-state index contributed by atoms with van der Waals surface area (Å²) < 4.78 is 40.2. The van der Waals surface area contributed by atoms with E-state index in [1.54, 1.807) is 6.07 Å². The predicted octanol–water partition coefficient (Wildman–Crippen LogP) is 3.38. The molecule has 0 radical (unpaired) electrons. The van der Waals surface area contributed by atoms with Gasteiger partial charge in [0.05, 0.1) is 11.1 Å². The predicted molar refractivity (Wildman–Crippen MR) is 112 cm³/mol. The lowest BCUT2D eigenvalue weighted by atomic mass is 9.97. The van der Waals surface area contributed by atoms with Crippen LogP contribution in [-0.2, 0) is 14.8 Å². The van der Waals surface area contributed by atoms with Gasteiger partial charge in [0.2, 0.25) is 15.9 Å². The number of aliphatic hydroxyl groups is 1. The number of amides is 1. The first-order valence-corrected chi connectivity index (χ1v) is 11.5. The molecule has 0 bridgehead atoms. The van der Waals surface area contributed by atoms with E-state index in [4.69, 9.17) is 23.2 Å². The first-order valence-electron chi connectivity index (χ1n) is 9.35. The van der Waals surface area contributed by atoms with Crippen molar-refractivity contribution in [2.75, 3.05) is 19.6 Å². The van der Waals surface area contributed by atoms with Gasteiger partial charge in [-0.1, -0.05) is 35.3 Å². The average Bonchev–Trinajstić information content (AvgIpc) is 2.73. The standard InChI is InChI=1S/C20H21Cl2FN2O4S/c21-15-4-5-17(22)19(11-15)30(28,29)25-8-6-13(7-9-25)20(27)24-12-18(26)14-2-1-3-16(23)10-14/h1-5,10-11,13,18,26H,6-9,12H2,(H,24,27). The molecule has 0 spiro atoms. The third kappa shape index (κ3) is 5.31. The fourth-order valence-corrected chi connectivity index (χ4v) is 5.55. The fourth-order valence-electron chi connectivity index (χ4n) is 3.35. The van der Waals surface area contributed by atoms with Gasteiger partial charge in [-0.15, -0.1) is 0 Å². The molecular weight excluding hydrogens is 454 g/mol. The van der Waals surface area contributed by atoms with Crippen molar-refractivity contribution in [1.82, 2.24) is 9.62 Å². The monoisotopic (exact) mass is 474 g/mol. The summed E-state index contributed by atoms with van der Waals surface area (Å²) in [6, 6.07) is 9.79. The maximum atomic E-state index is 13.3. The van der Waals surface area contributed by atoms with Crippen molar-refractivity contribution in [3.63, 3.8) is 0 Å². The van der Waals surface area contributed by atoms with Crippen LogP contribution in [0.3, 0.4) is 0 Å². The molecule has 2 N–H and O–H groups in total. The summed E-state index contributed by atoms with van der Waals surface area (Å²) >= 11 is 11.9. The summed E-state index contributed by atoms with van der Waals surface area (Å²) in [5.41, 5.74) is 0.370. The summed E-state index contributed by atoms with van der Waals surface area (Å²) in [5, 5.41) is 13.1. The molecule has 0 aliphatic carbocycles. The van der Waals surface area contributed by atoms with Gasteiger partial charge in [-0.05, 0) is 48.7 Å². The average molecular weight is 475 g/mol. The number of hydrogen-bond acceptors (Lipinski definition) is 4. The van der Waals surface area contributed by atoms with Crippen LogP contribution in [-0.4, -0.2) is 43.4 Å². The number of rotatable bonds is 6. The molecule has 0 aromatic heterocycles. The Hall–Kier alpha value is -1.71. The molecule has 6 nitrogen and oxygen atoms in total. The first-order chi connectivity index (χ1) is 14.2. The molecule has 2 aromatic carbocycles. The van der Waals surface area contributed by atoms with Gasteiger partial charge in [-0.3, -0.25) is 4.79 Å². The van der Waals surface area contributed by atoms with Crippen LogP contribution in [0.15, 0.2) is 47.4 Å². The maximum Gasteiger partial charge on any atom is 0.244 e. The molecule has 1 saturated heterocycles. The highest BCUT2D eigenvalue weighted by molar-refractivity contribution is 7.89. The number of benzene rings is 2. The Morgan fingerprint density at radius 1 is 1.20 bits per heavy atom. The minimum Gasteiger partial charge on any atom is -0.387 e. The van der Waals surface area contributed by atoms with E-state index in [1.165, 1.54) is 40.7 Å². The van der Waals surface area contributed by atoms with Crippen LogP contribution in [0.25, 0.3) is 0 Å². The Morgan fingerprint density at radius 3 is 2.57 bits per heavy atom. The SMILES string of the molecule is O=C(NCC(O)c1cccc(F)c1)C1CCN(S(=O)(=O)c2cc(Cl)ccc2Cl)CC1. The molecule has 1 fully saturated rings. The van der Waals surface area contributed by atoms with Crippen molar-refractivity contribution in [3.8, 4) is 0 Å². The molecule has 2 aromatic rings. The molecule has 3 rings (SSSR count). The topological polar surface area (TPSA) is 86.7 Å². The molecule has 0 saturated carbocycles. The second kappa shape index (κ2) is 9.62. The second-order valence-corrected chi connectivity index (χ2v) is 9.82. The van der Waals surface area contributed by atoms with Gasteiger partial charge in [0.15, 0.2) is 0 Å². The number of halogens is 3. The zero-order valence-electron chi connectivity index (χ0n) is 15.9. The Bertz CT molecular complexity index is 1030. The Balaban J connectivity index is 1.56. The molecule has 1 unspecified atom stereocenters. The van der Waals surface area contributed by atoms with Gasteiger partial charge in [0.25, 0.3) is 0 Å². The smallest absolute Gasteiger partial charge is 0.244 e. The van der Waals surface area contributed by atoms with Gasteiger partial charge in [-0.25, -0.2) is 12.8 Å². The third-order valence-corrected chi connectivity index (χ3v) is 7.65. The van der Waals surface area contributed by atoms with Crippen molar-refractivity contribution in [3.05, 3.63) is 63.9 Å². The van der Waals surface area contributed by atoms with Gasteiger partial charge < -0.3 is 10.4 Å². The van der Waals surface area contributed by atoms with E-state index in [0.717, 1.165) is 0 Å². The van der Waals surface area contributed by atoms with Crippen LogP contribution < -0.4 is 5.32 Å². The number of carbonyl (C=O) groups excluding carboxylic acids is 1. The van der Waals surface area contributed by atoms with Crippen LogP contribution in [0.2, 0.25) is 10.0 Å². The highest BCUT2D eigenvalue weighted by atomic mass is 35.5. The molecular formula is C20H21Cl2FN2O4S. The number of hydrogen-bond donors (Lipinski definition) is 2. The summed E-state index contributed by atoms with van der Waals surface area (Å²) in [4.78, 5) is 12.4.